The summed E-state index contributed by atoms with van der Waals surface area (Å²) in [5, 5.41) is 0.367. The zero-order chi connectivity index (χ0) is 18.1. The van der Waals surface area contributed by atoms with E-state index >= 15 is 0 Å². The standard InChI is InChI=1S/C19H21FN2O2S/c1-3-4-10-18(14-23)25-19(21-16-8-5-7-15(20)12-16)22(2)13-17-9-6-11-24-17/h3-9,11-12,14,18H,10,13H2,1-2H3/b4-3-,21-19?. The van der Waals surface area contributed by atoms with Crippen LogP contribution in [-0.2, 0) is 11.3 Å². The maximum atomic E-state index is 13.4. The molecule has 2 aromatic rings. The van der Waals surface area contributed by atoms with Crippen molar-refractivity contribution >= 4 is 28.9 Å². The molecule has 132 valence electrons. The Morgan fingerprint density at radius 3 is 2.88 bits per heavy atom. The SMILES string of the molecule is C/C=C\CC(C=O)SC(=Nc1cccc(F)c1)N(C)Cc1ccco1. The molecular formula is C19H21FN2O2S. The lowest BCUT2D eigenvalue weighted by molar-refractivity contribution is -0.107. The number of nitrogens with zero attached hydrogens (tertiary/aromatic N) is 2. The number of benzene rings is 1. The molecule has 6 heteroatoms. The summed E-state index contributed by atoms with van der Waals surface area (Å²) in [6.07, 6.45) is 6.99. The molecular weight excluding hydrogens is 339 g/mol. The molecule has 0 spiro atoms. The van der Waals surface area contributed by atoms with E-state index in [0.717, 1.165) is 12.0 Å². The zero-order valence-electron chi connectivity index (χ0n) is 14.3. The molecule has 0 saturated carbocycles. The van der Waals surface area contributed by atoms with Crippen LogP contribution in [0.4, 0.5) is 10.1 Å². The van der Waals surface area contributed by atoms with E-state index in [9.17, 15) is 9.18 Å². The van der Waals surface area contributed by atoms with E-state index in [2.05, 4.69) is 4.99 Å². The average molecular weight is 360 g/mol. The number of rotatable bonds is 7. The summed E-state index contributed by atoms with van der Waals surface area (Å²) in [4.78, 5) is 17.8. The van der Waals surface area contributed by atoms with Crippen LogP contribution in [0, 0.1) is 5.82 Å². The zero-order valence-corrected chi connectivity index (χ0v) is 15.1. The van der Waals surface area contributed by atoms with Gasteiger partial charge in [-0.25, -0.2) is 9.38 Å². The summed E-state index contributed by atoms with van der Waals surface area (Å²) in [6.45, 7) is 2.42. The third kappa shape index (κ3) is 6.23. The summed E-state index contributed by atoms with van der Waals surface area (Å²) < 4.78 is 18.8. The monoisotopic (exact) mass is 360 g/mol. The van der Waals surface area contributed by atoms with Gasteiger partial charge in [0.2, 0.25) is 0 Å². The van der Waals surface area contributed by atoms with Crippen molar-refractivity contribution in [3.63, 3.8) is 0 Å². The number of allylic oxidation sites excluding steroid dienone is 2. The molecule has 0 aliphatic carbocycles. The normalized spacial score (nSPS) is 13.2. The number of aldehydes is 1. The summed E-state index contributed by atoms with van der Waals surface area (Å²) in [7, 11) is 1.87. The first-order chi connectivity index (χ1) is 12.1. The Balaban J connectivity index is 2.24. The molecule has 1 unspecified atom stereocenters. The second kappa shape index (κ2) is 9.84. The van der Waals surface area contributed by atoms with Gasteiger partial charge in [0.15, 0.2) is 5.17 Å². The third-order valence-electron chi connectivity index (χ3n) is 3.35. The summed E-state index contributed by atoms with van der Waals surface area (Å²) >= 11 is 1.35. The van der Waals surface area contributed by atoms with Gasteiger partial charge < -0.3 is 14.1 Å². The van der Waals surface area contributed by atoms with E-state index in [4.69, 9.17) is 4.42 Å². The van der Waals surface area contributed by atoms with Gasteiger partial charge >= 0.3 is 0 Å². The molecule has 0 amide bonds. The molecule has 0 aliphatic rings. The van der Waals surface area contributed by atoms with Crippen molar-refractivity contribution in [2.75, 3.05) is 7.05 Å². The van der Waals surface area contributed by atoms with Crippen molar-refractivity contribution in [2.45, 2.75) is 25.1 Å². The van der Waals surface area contributed by atoms with Crippen molar-refractivity contribution in [1.29, 1.82) is 0 Å². The van der Waals surface area contributed by atoms with Crippen LogP contribution in [0.25, 0.3) is 0 Å². The molecule has 2 rings (SSSR count). The Morgan fingerprint density at radius 1 is 1.40 bits per heavy atom. The predicted molar refractivity (Wildman–Crippen MR) is 101 cm³/mol. The van der Waals surface area contributed by atoms with Crippen molar-refractivity contribution in [3.8, 4) is 0 Å². The van der Waals surface area contributed by atoms with E-state index in [1.807, 2.05) is 43.2 Å². The van der Waals surface area contributed by atoms with Crippen molar-refractivity contribution in [2.24, 2.45) is 4.99 Å². The second-order valence-corrected chi connectivity index (χ2v) is 6.61. The van der Waals surface area contributed by atoms with E-state index in [-0.39, 0.29) is 11.1 Å². The van der Waals surface area contributed by atoms with Crippen LogP contribution in [-0.4, -0.2) is 28.7 Å². The first-order valence-corrected chi connectivity index (χ1v) is 8.81. The molecule has 4 nitrogen and oxygen atoms in total. The van der Waals surface area contributed by atoms with Gasteiger partial charge in [-0.3, -0.25) is 0 Å². The third-order valence-corrected chi connectivity index (χ3v) is 4.57. The molecule has 0 N–H and O–H groups in total. The van der Waals surface area contributed by atoms with Crippen LogP contribution in [0.5, 0.6) is 0 Å². The fraction of sp³-hybridized carbons (Fsp3) is 0.263. The van der Waals surface area contributed by atoms with Crippen LogP contribution in [0.2, 0.25) is 0 Å². The van der Waals surface area contributed by atoms with Gasteiger partial charge in [0.05, 0.1) is 23.7 Å². The first kappa shape index (κ1) is 19.0. The largest absolute Gasteiger partial charge is 0.467 e. The van der Waals surface area contributed by atoms with Crippen LogP contribution in [0.3, 0.4) is 0 Å². The van der Waals surface area contributed by atoms with Crippen LogP contribution >= 0.6 is 11.8 Å². The Labute approximate surface area is 151 Å². The number of furan rings is 1. The topological polar surface area (TPSA) is 45.8 Å². The van der Waals surface area contributed by atoms with Gasteiger partial charge in [-0.05, 0) is 43.7 Å². The number of aliphatic imine (C=N–C) groups is 1. The van der Waals surface area contributed by atoms with Gasteiger partial charge in [0.25, 0.3) is 0 Å². The molecule has 0 saturated heterocycles. The quantitative estimate of drug-likeness (QED) is 0.308. The lowest BCUT2D eigenvalue weighted by atomic mass is 10.3. The van der Waals surface area contributed by atoms with Crippen LogP contribution in [0.1, 0.15) is 19.1 Å². The van der Waals surface area contributed by atoms with Gasteiger partial charge in [0, 0.05) is 7.05 Å². The highest BCUT2D eigenvalue weighted by molar-refractivity contribution is 8.14. The lowest BCUT2D eigenvalue weighted by Gasteiger charge is -2.21. The van der Waals surface area contributed by atoms with E-state index in [1.165, 1.54) is 23.9 Å². The van der Waals surface area contributed by atoms with Gasteiger partial charge in [-0.2, -0.15) is 0 Å². The van der Waals surface area contributed by atoms with E-state index in [1.54, 1.807) is 18.4 Å². The Bertz CT molecular complexity index is 729. The fourth-order valence-corrected chi connectivity index (χ4v) is 3.04. The van der Waals surface area contributed by atoms with E-state index in [0.29, 0.717) is 23.8 Å². The van der Waals surface area contributed by atoms with Crippen molar-refractivity contribution < 1.29 is 13.6 Å². The summed E-state index contributed by atoms with van der Waals surface area (Å²) in [6, 6.07) is 9.77. The smallest absolute Gasteiger partial charge is 0.165 e. The van der Waals surface area contributed by atoms with Gasteiger partial charge in [-0.1, -0.05) is 30.0 Å². The number of halogens is 1. The number of hydrogen-bond donors (Lipinski definition) is 0. The fourth-order valence-electron chi connectivity index (χ4n) is 2.10. The minimum atomic E-state index is -0.347. The van der Waals surface area contributed by atoms with Crippen molar-refractivity contribution in [1.82, 2.24) is 4.90 Å². The molecule has 1 aromatic carbocycles. The highest BCUT2D eigenvalue weighted by Crippen LogP contribution is 2.23. The minimum Gasteiger partial charge on any atom is -0.467 e. The Kier molecular flexibility index (Phi) is 7.47. The molecule has 1 heterocycles. The second-order valence-electron chi connectivity index (χ2n) is 5.41. The predicted octanol–water partition coefficient (Wildman–Crippen LogP) is 4.81. The average Bonchev–Trinajstić information content (AvgIpc) is 3.10. The molecule has 0 radical (unpaired) electrons. The highest BCUT2D eigenvalue weighted by atomic mass is 32.2. The van der Waals surface area contributed by atoms with Gasteiger partial charge in [-0.15, -0.1) is 0 Å². The Morgan fingerprint density at radius 2 is 2.24 bits per heavy atom. The first-order valence-electron chi connectivity index (χ1n) is 7.93. The van der Waals surface area contributed by atoms with Crippen molar-refractivity contribution in [3.05, 3.63) is 66.4 Å². The molecule has 1 atom stereocenters. The molecule has 0 fully saturated rings. The molecule has 25 heavy (non-hydrogen) atoms. The van der Waals surface area contributed by atoms with E-state index < -0.39 is 0 Å². The molecule has 1 aromatic heterocycles. The number of hydrogen-bond acceptors (Lipinski definition) is 4. The number of thioether (sulfide) groups is 1. The minimum absolute atomic E-state index is 0.262. The number of carbonyl (C=O) groups is 1. The maximum absolute atomic E-state index is 13.4. The van der Waals surface area contributed by atoms with Crippen LogP contribution in [0.15, 0.2) is 64.2 Å². The maximum Gasteiger partial charge on any atom is 0.165 e. The van der Waals surface area contributed by atoms with Gasteiger partial charge in [0.1, 0.15) is 17.9 Å². The summed E-state index contributed by atoms with van der Waals surface area (Å²) in [5.74, 6) is 0.436. The lowest BCUT2D eigenvalue weighted by Crippen LogP contribution is -2.26. The molecule has 0 aliphatic heterocycles. The number of carbonyl (C=O) groups excluding carboxylic acids is 1. The Hall–Kier alpha value is -2.34. The van der Waals surface area contributed by atoms with Crippen LogP contribution < -0.4 is 0 Å². The number of amidine groups is 1. The summed E-state index contributed by atoms with van der Waals surface area (Å²) in [5.41, 5.74) is 0.504. The molecule has 0 bridgehead atoms. The highest BCUT2D eigenvalue weighted by Gasteiger charge is 2.16.